The van der Waals surface area contributed by atoms with Crippen molar-refractivity contribution in [1.82, 2.24) is 4.90 Å². The van der Waals surface area contributed by atoms with Crippen LogP contribution in [0.15, 0.2) is 12.1 Å². The van der Waals surface area contributed by atoms with E-state index in [0.29, 0.717) is 12.1 Å². The maximum Gasteiger partial charge on any atom is 0.194 e. The van der Waals surface area contributed by atoms with Crippen molar-refractivity contribution in [2.45, 2.75) is 25.4 Å². The number of nitrogens with two attached hydrogens (primary N) is 1. The summed E-state index contributed by atoms with van der Waals surface area (Å²) in [7, 11) is 0. The molecule has 1 aliphatic heterocycles. The van der Waals surface area contributed by atoms with E-state index in [1.165, 1.54) is 0 Å². The number of halogens is 4. The first-order valence-electron chi connectivity index (χ1n) is 5.67. The molecular weight excluding hydrogens is 265 g/mol. The van der Waals surface area contributed by atoms with E-state index in [-0.39, 0.29) is 18.4 Å². The fourth-order valence-corrected chi connectivity index (χ4v) is 2.07. The van der Waals surface area contributed by atoms with E-state index < -0.39 is 17.5 Å². The van der Waals surface area contributed by atoms with E-state index in [4.69, 9.17) is 5.73 Å². The Balaban J connectivity index is 0.00000162. The van der Waals surface area contributed by atoms with Crippen LogP contribution in [0, 0.1) is 17.5 Å². The number of benzene rings is 1. The Hall–Kier alpha value is -0.780. The van der Waals surface area contributed by atoms with Crippen LogP contribution in [0.25, 0.3) is 0 Å². The number of nitrogens with zero attached hydrogens (tertiary/aromatic N) is 1. The summed E-state index contributed by atoms with van der Waals surface area (Å²) in [6.07, 6.45) is 1.76. The highest BCUT2D eigenvalue weighted by Gasteiger charge is 2.17. The zero-order chi connectivity index (χ0) is 12.4. The quantitative estimate of drug-likeness (QED) is 0.843. The Morgan fingerprint density at radius 3 is 2.11 bits per heavy atom. The summed E-state index contributed by atoms with van der Waals surface area (Å²) >= 11 is 0. The predicted molar refractivity (Wildman–Crippen MR) is 66.1 cm³/mol. The van der Waals surface area contributed by atoms with Gasteiger partial charge in [0, 0.05) is 12.6 Å². The smallest absolute Gasteiger partial charge is 0.194 e. The van der Waals surface area contributed by atoms with Gasteiger partial charge < -0.3 is 5.73 Å². The van der Waals surface area contributed by atoms with Crippen LogP contribution < -0.4 is 5.73 Å². The molecule has 2 rings (SSSR count). The lowest BCUT2D eigenvalue weighted by molar-refractivity contribution is 0.205. The van der Waals surface area contributed by atoms with Crippen molar-refractivity contribution in [1.29, 1.82) is 0 Å². The molecule has 0 amide bonds. The molecule has 1 heterocycles. The molecule has 2 N–H and O–H groups in total. The van der Waals surface area contributed by atoms with Gasteiger partial charge >= 0.3 is 0 Å². The fourth-order valence-electron chi connectivity index (χ4n) is 2.07. The predicted octanol–water partition coefficient (Wildman–Crippen LogP) is 2.45. The molecule has 0 spiro atoms. The van der Waals surface area contributed by atoms with E-state index >= 15 is 0 Å². The Kier molecular flexibility index (Phi) is 5.44. The number of hydrogen-bond acceptors (Lipinski definition) is 2. The molecular formula is C12H16ClF3N2. The van der Waals surface area contributed by atoms with Gasteiger partial charge in [0.25, 0.3) is 0 Å². The van der Waals surface area contributed by atoms with E-state index in [1.54, 1.807) is 0 Å². The van der Waals surface area contributed by atoms with Gasteiger partial charge in [0.05, 0.1) is 0 Å². The van der Waals surface area contributed by atoms with Crippen LogP contribution in [-0.2, 0) is 6.54 Å². The Labute approximate surface area is 110 Å². The van der Waals surface area contributed by atoms with Crippen LogP contribution in [0.5, 0.6) is 0 Å². The molecule has 1 fully saturated rings. The molecule has 0 aliphatic carbocycles. The van der Waals surface area contributed by atoms with Gasteiger partial charge in [0.15, 0.2) is 17.5 Å². The fraction of sp³-hybridized carbons (Fsp3) is 0.500. The van der Waals surface area contributed by atoms with Crippen molar-refractivity contribution in [2.24, 2.45) is 5.73 Å². The van der Waals surface area contributed by atoms with Crippen molar-refractivity contribution in [3.63, 3.8) is 0 Å². The molecule has 1 aromatic rings. The first-order valence-corrected chi connectivity index (χ1v) is 5.67. The highest BCUT2D eigenvalue weighted by Crippen LogP contribution is 2.17. The van der Waals surface area contributed by atoms with Gasteiger partial charge in [-0.05, 0) is 43.6 Å². The maximum absolute atomic E-state index is 13.0. The Bertz CT molecular complexity index is 383. The summed E-state index contributed by atoms with van der Waals surface area (Å²) in [5.74, 6) is -3.67. The lowest BCUT2D eigenvalue weighted by atomic mass is 10.1. The minimum Gasteiger partial charge on any atom is -0.328 e. The molecule has 0 atom stereocenters. The number of piperidine rings is 1. The molecule has 6 heteroatoms. The van der Waals surface area contributed by atoms with Gasteiger partial charge in [-0.3, -0.25) is 4.90 Å². The van der Waals surface area contributed by atoms with Crippen LogP contribution in [0.1, 0.15) is 18.4 Å². The van der Waals surface area contributed by atoms with Gasteiger partial charge in [-0.25, -0.2) is 13.2 Å². The molecule has 0 radical (unpaired) electrons. The van der Waals surface area contributed by atoms with Gasteiger partial charge in [0.1, 0.15) is 0 Å². The Morgan fingerprint density at radius 2 is 1.61 bits per heavy atom. The summed E-state index contributed by atoms with van der Waals surface area (Å²) in [4.78, 5) is 2.06. The molecule has 1 saturated heterocycles. The van der Waals surface area contributed by atoms with E-state index in [9.17, 15) is 13.2 Å². The average Bonchev–Trinajstić information content (AvgIpc) is 2.29. The minimum absolute atomic E-state index is 0. The normalized spacial score (nSPS) is 17.6. The van der Waals surface area contributed by atoms with E-state index in [0.717, 1.165) is 38.1 Å². The Morgan fingerprint density at radius 1 is 1.11 bits per heavy atom. The maximum atomic E-state index is 13.0. The van der Waals surface area contributed by atoms with Gasteiger partial charge in [-0.2, -0.15) is 0 Å². The third kappa shape index (κ3) is 3.60. The number of rotatable bonds is 2. The second-order valence-electron chi connectivity index (χ2n) is 4.49. The molecule has 2 nitrogen and oxygen atoms in total. The van der Waals surface area contributed by atoms with Crippen LogP contribution in [-0.4, -0.2) is 24.0 Å². The molecule has 0 unspecified atom stereocenters. The van der Waals surface area contributed by atoms with Gasteiger partial charge in [0.2, 0.25) is 0 Å². The lowest BCUT2D eigenvalue weighted by Crippen LogP contribution is -2.39. The van der Waals surface area contributed by atoms with E-state index in [1.807, 2.05) is 0 Å². The van der Waals surface area contributed by atoms with Crippen molar-refractivity contribution >= 4 is 12.4 Å². The molecule has 0 saturated carbocycles. The summed E-state index contributed by atoms with van der Waals surface area (Å²) in [6, 6.07) is 2.31. The summed E-state index contributed by atoms with van der Waals surface area (Å²) < 4.78 is 38.8. The van der Waals surface area contributed by atoms with Crippen LogP contribution in [0.2, 0.25) is 0 Å². The SMILES string of the molecule is Cl.NC1CCN(Cc2cc(F)c(F)c(F)c2)CC1. The molecule has 1 aromatic carbocycles. The van der Waals surface area contributed by atoms with Crippen molar-refractivity contribution in [3.8, 4) is 0 Å². The second-order valence-corrected chi connectivity index (χ2v) is 4.49. The minimum atomic E-state index is -1.41. The standard InChI is InChI=1S/C12H15F3N2.ClH/c13-10-5-8(6-11(14)12(10)15)7-17-3-1-9(16)2-4-17;/h5-6,9H,1-4,7,16H2;1H. The molecule has 18 heavy (non-hydrogen) atoms. The zero-order valence-electron chi connectivity index (χ0n) is 9.83. The third-order valence-corrected chi connectivity index (χ3v) is 3.08. The lowest BCUT2D eigenvalue weighted by Gasteiger charge is -2.30. The highest BCUT2D eigenvalue weighted by molar-refractivity contribution is 5.85. The molecule has 0 bridgehead atoms. The molecule has 1 aliphatic rings. The zero-order valence-corrected chi connectivity index (χ0v) is 10.7. The monoisotopic (exact) mass is 280 g/mol. The first kappa shape index (κ1) is 15.3. The van der Waals surface area contributed by atoms with Crippen LogP contribution >= 0.6 is 12.4 Å². The largest absolute Gasteiger partial charge is 0.328 e. The van der Waals surface area contributed by atoms with Crippen LogP contribution in [0.3, 0.4) is 0 Å². The van der Waals surface area contributed by atoms with Crippen molar-refractivity contribution in [2.75, 3.05) is 13.1 Å². The topological polar surface area (TPSA) is 29.3 Å². The summed E-state index contributed by atoms with van der Waals surface area (Å²) in [5, 5.41) is 0. The summed E-state index contributed by atoms with van der Waals surface area (Å²) in [5.41, 5.74) is 6.22. The van der Waals surface area contributed by atoms with Gasteiger partial charge in [-0.1, -0.05) is 0 Å². The molecule has 0 aromatic heterocycles. The van der Waals surface area contributed by atoms with Crippen LogP contribution in [0.4, 0.5) is 13.2 Å². The average molecular weight is 281 g/mol. The molecule has 102 valence electrons. The summed E-state index contributed by atoms with van der Waals surface area (Å²) in [6.45, 7) is 2.05. The van der Waals surface area contributed by atoms with Crippen molar-refractivity contribution < 1.29 is 13.2 Å². The second kappa shape index (κ2) is 6.41. The number of hydrogen-bond donors (Lipinski definition) is 1. The van der Waals surface area contributed by atoms with Gasteiger partial charge in [-0.15, -0.1) is 12.4 Å². The van der Waals surface area contributed by atoms with Crippen molar-refractivity contribution in [3.05, 3.63) is 35.1 Å². The first-order chi connectivity index (χ1) is 8.06. The van der Waals surface area contributed by atoms with E-state index in [2.05, 4.69) is 4.90 Å². The highest BCUT2D eigenvalue weighted by atomic mass is 35.5. The third-order valence-electron chi connectivity index (χ3n) is 3.08. The number of likely N-dealkylation sites (tertiary alicyclic amines) is 1.